The van der Waals surface area contributed by atoms with E-state index >= 15 is 0 Å². The Bertz CT molecular complexity index is 659. The molecule has 1 heterocycles. The van der Waals surface area contributed by atoms with Gasteiger partial charge < -0.3 is 9.72 Å². The number of carbonyl (C=O) groups is 1. The number of para-hydroxylation sites is 1. The molecule has 1 aromatic carbocycles. The van der Waals surface area contributed by atoms with Gasteiger partial charge in [0.25, 0.3) is 0 Å². The number of ether oxygens (including phenoxy) is 1. The van der Waals surface area contributed by atoms with Crippen LogP contribution in [0, 0.1) is 0 Å². The van der Waals surface area contributed by atoms with Crippen LogP contribution in [-0.4, -0.2) is 17.6 Å². The van der Waals surface area contributed by atoms with Crippen LogP contribution in [0.1, 0.15) is 44.1 Å². The van der Waals surface area contributed by atoms with Crippen molar-refractivity contribution in [1.82, 2.24) is 4.98 Å². The highest BCUT2D eigenvalue weighted by Gasteiger charge is 2.21. The Kier molecular flexibility index (Phi) is 4.09. The van der Waals surface area contributed by atoms with E-state index in [9.17, 15) is 4.79 Å². The Morgan fingerprint density at radius 2 is 2.10 bits per heavy atom. The van der Waals surface area contributed by atoms with Crippen molar-refractivity contribution in [2.75, 3.05) is 6.61 Å². The van der Waals surface area contributed by atoms with Gasteiger partial charge >= 0.3 is 5.97 Å². The summed E-state index contributed by atoms with van der Waals surface area (Å²) >= 11 is 0. The Hall–Kier alpha value is -2.03. The summed E-state index contributed by atoms with van der Waals surface area (Å²) in [4.78, 5) is 14.8. The first-order valence-electron chi connectivity index (χ1n) is 7.70. The molecule has 21 heavy (non-hydrogen) atoms. The minimum atomic E-state index is -0.196. The number of allylic oxidation sites excluding steroid dienone is 1. The summed E-state index contributed by atoms with van der Waals surface area (Å²) in [5.41, 5.74) is 3.85. The quantitative estimate of drug-likeness (QED) is 0.673. The number of aromatic nitrogens is 1. The van der Waals surface area contributed by atoms with Gasteiger partial charge in [-0.25, -0.2) is 4.79 Å². The molecule has 110 valence electrons. The Labute approximate surface area is 125 Å². The van der Waals surface area contributed by atoms with Crippen molar-refractivity contribution in [1.29, 1.82) is 0 Å². The van der Waals surface area contributed by atoms with Crippen molar-refractivity contribution in [2.45, 2.75) is 38.5 Å². The number of nitrogens with one attached hydrogen (secondary N) is 1. The fourth-order valence-corrected chi connectivity index (χ4v) is 3.23. The third kappa shape index (κ3) is 3.02. The van der Waals surface area contributed by atoms with Gasteiger partial charge in [0.1, 0.15) is 0 Å². The van der Waals surface area contributed by atoms with Crippen LogP contribution in [0.5, 0.6) is 0 Å². The van der Waals surface area contributed by atoms with E-state index in [4.69, 9.17) is 4.74 Å². The van der Waals surface area contributed by atoms with Crippen molar-refractivity contribution < 1.29 is 9.53 Å². The summed E-state index contributed by atoms with van der Waals surface area (Å²) in [6, 6.07) is 8.46. The molecule has 3 nitrogen and oxygen atoms in total. The average molecular weight is 283 g/mol. The van der Waals surface area contributed by atoms with Crippen molar-refractivity contribution in [3.05, 3.63) is 47.7 Å². The Balaban J connectivity index is 1.70. The van der Waals surface area contributed by atoms with Gasteiger partial charge in [0.15, 0.2) is 0 Å². The SMILES string of the molecule is CCOC(=O)C=C1CCC(c2c[nH]c3ccccc23)CC1. The number of aromatic amines is 1. The molecule has 0 unspecified atom stereocenters. The van der Waals surface area contributed by atoms with E-state index in [0.717, 1.165) is 25.7 Å². The van der Waals surface area contributed by atoms with Crippen LogP contribution >= 0.6 is 0 Å². The lowest BCUT2D eigenvalue weighted by atomic mass is 9.81. The number of H-pyrrole nitrogens is 1. The van der Waals surface area contributed by atoms with Gasteiger partial charge in [-0.15, -0.1) is 0 Å². The molecule has 0 saturated heterocycles. The second-order valence-electron chi connectivity index (χ2n) is 5.62. The van der Waals surface area contributed by atoms with E-state index in [0.29, 0.717) is 12.5 Å². The highest BCUT2D eigenvalue weighted by atomic mass is 16.5. The molecule has 1 N–H and O–H groups in total. The van der Waals surface area contributed by atoms with Crippen LogP contribution in [0.4, 0.5) is 0 Å². The third-order valence-electron chi connectivity index (χ3n) is 4.30. The second-order valence-corrected chi connectivity index (χ2v) is 5.62. The molecular weight excluding hydrogens is 262 g/mol. The lowest BCUT2D eigenvalue weighted by Crippen LogP contribution is -2.08. The number of hydrogen-bond donors (Lipinski definition) is 1. The monoisotopic (exact) mass is 283 g/mol. The minimum Gasteiger partial charge on any atom is -0.463 e. The van der Waals surface area contributed by atoms with Gasteiger partial charge in [-0.3, -0.25) is 0 Å². The van der Waals surface area contributed by atoms with Crippen LogP contribution in [0.2, 0.25) is 0 Å². The molecule has 1 aliphatic rings. The average Bonchev–Trinajstić information content (AvgIpc) is 2.92. The summed E-state index contributed by atoms with van der Waals surface area (Å²) in [6.07, 6.45) is 8.02. The topological polar surface area (TPSA) is 42.1 Å². The fourth-order valence-electron chi connectivity index (χ4n) is 3.23. The van der Waals surface area contributed by atoms with Crippen LogP contribution in [0.3, 0.4) is 0 Å². The number of rotatable bonds is 3. The number of carbonyl (C=O) groups excluding carboxylic acids is 1. The molecule has 1 saturated carbocycles. The van der Waals surface area contributed by atoms with Crippen LogP contribution in [0.15, 0.2) is 42.1 Å². The van der Waals surface area contributed by atoms with Gasteiger partial charge in [-0.1, -0.05) is 23.8 Å². The molecule has 1 aromatic heterocycles. The zero-order valence-corrected chi connectivity index (χ0v) is 12.4. The fraction of sp³-hybridized carbons (Fsp3) is 0.389. The van der Waals surface area contributed by atoms with Crippen molar-refractivity contribution in [3.8, 4) is 0 Å². The predicted octanol–water partition coefficient (Wildman–Crippen LogP) is 4.32. The molecule has 2 aromatic rings. The molecule has 0 spiro atoms. The lowest BCUT2D eigenvalue weighted by Gasteiger charge is -2.23. The minimum absolute atomic E-state index is 0.196. The Morgan fingerprint density at radius 1 is 1.33 bits per heavy atom. The van der Waals surface area contributed by atoms with E-state index in [1.54, 1.807) is 6.08 Å². The maximum Gasteiger partial charge on any atom is 0.330 e. The second kappa shape index (κ2) is 6.17. The van der Waals surface area contributed by atoms with Crippen LogP contribution < -0.4 is 0 Å². The third-order valence-corrected chi connectivity index (χ3v) is 4.30. The first-order valence-corrected chi connectivity index (χ1v) is 7.70. The van der Waals surface area contributed by atoms with E-state index in [1.807, 2.05) is 6.92 Å². The lowest BCUT2D eigenvalue weighted by molar-refractivity contribution is -0.137. The molecule has 3 heteroatoms. The van der Waals surface area contributed by atoms with Crippen molar-refractivity contribution in [2.24, 2.45) is 0 Å². The predicted molar refractivity (Wildman–Crippen MR) is 84.2 cm³/mol. The smallest absolute Gasteiger partial charge is 0.330 e. The summed E-state index contributed by atoms with van der Waals surface area (Å²) in [5.74, 6) is 0.388. The molecule has 0 aliphatic heterocycles. The number of fused-ring (bicyclic) bond motifs is 1. The van der Waals surface area contributed by atoms with Crippen LogP contribution in [-0.2, 0) is 9.53 Å². The summed E-state index contributed by atoms with van der Waals surface area (Å²) < 4.78 is 4.98. The number of esters is 1. The number of hydrogen-bond acceptors (Lipinski definition) is 2. The standard InChI is InChI=1S/C18H21NO2/c1-2-21-18(20)11-13-7-9-14(10-8-13)16-12-19-17-6-4-3-5-15(16)17/h3-6,11-12,14,19H,2,7-10H2,1H3. The zero-order chi connectivity index (χ0) is 14.7. The number of benzene rings is 1. The molecule has 1 aliphatic carbocycles. The molecule has 3 rings (SSSR count). The van der Waals surface area contributed by atoms with Crippen molar-refractivity contribution in [3.63, 3.8) is 0 Å². The summed E-state index contributed by atoms with van der Waals surface area (Å²) in [7, 11) is 0. The summed E-state index contributed by atoms with van der Waals surface area (Å²) in [5, 5.41) is 1.33. The first-order chi connectivity index (χ1) is 10.3. The highest BCUT2D eigenvalue weighted by Crippen LogP contribution is 2.38. The largest absolute Gasteiger partial charge is 0.463 e. The Morgan fingerprint density at radius 3 is 2.86 bits per heavy atom. The maximum absolute atomic E-state index is 11.5. The van der Waals surface area contributed by atoms with Gasteiger partial charge in [-0.2, -0.15) is 0 Å². The van der Waals surface area contributed by atoms with E-state index in [-0.39, 0.29) is 5.97 Å². The van der Waals surface area contributed by atoms with E-state index < -0.39 is 0 Å². The van der Waals surface area contributed by atoms with E-state index in [2.05, 4.69) is 35.4 Å². The maximum atomic E-state index is 11.5. The molecule has 1 fully saturated rings. The zero-order valence-electron chi connectivity index (χ0n) is 12.4. The molecule has 0 radical (unpaired) electrons. The van der Waals surface area contributed by atoms with Gasteiger partial charge in [-0.05, 0) is 50.2 Å². The van der Waals surface area contributed by atoms with Crippen molar-refractivity contribution >= 4 is 16.9 Å². The normalized spacial score (nSPS) is 18.7. The highest BCUT2D eigenvalue weighted by molar-refractivity contribution is 5.84. The van der Waals surface area contributed by atoms with Gasteiger partial charge in [0, 0.05) is 23.2 Å². The molecule has 0 bridgehead atoms. The van der Waals surface area contributed by atoms with Gasteiger partial charge in [0.05, 0.1) is 6.61 Å². The molecule has 0 amide bonds. The summed E-state index contributed by atoms with van der Waals surface area (Å²) in [6.45, 7) is 2.28. The molecule has 0 atom stereocenters. The van der Waals surface area contributed by atoms with E-state index in [1.165, 1.54) is 22.0 Å². The first kappa shape index (κ1) is 13.9. The van der Waals surface area contributed by atoms with Crippen LogP contribution in [0.25, 0.3) is 10.9 Å². The molecular formula is C18H21NO2. The van der Waals surface area contributed by atoms with Gasteiger partial charge in [0.2, 0.25) is 0 Å².